The number of nitrogens with zero attached hydrogens (tertiary/aromatic N) is 2. The van der Waals surface area contributed by atoms with Gasteiger partial charge in [0.25, 0.3) is 0 Å². The Morgan fingerprint density at radius 1 is 1.43 bits per heavy atom. The zero-order valence-corrected chi connectivity index (χ0v) is 13.6. The van der Waals surface area contributed by atoms with E-state index in [1.54, 1.807) is 6.20 Å². The number of likely N-dealkylation sites (tertiary alicyclic amines) is 1. The van der Waals surface area contributed by atoms with Crippen molar-refractivity contribution in [2.45, 2.75) is 38.4 Å². The van der Waals surface area contributed by atoms with Crippen LogP contribution in [0.3, 0.4) is 0 Å². The fourth-order valence-corrected chi connectivity index (χ4v) is 3.92. The second-order valence-corrected chi connectivity index (χ2v) is 8.26. The van der Waals surface area contributed by atoms with Gasteiger partial charge in [-0.25, -0.2) is 8.42 Å². The minimum Gasteiger partial charge on any atom is -0.310 e. The molecule has 1 fully saturated rings. The number of hydrogen-bond acceptors (Lipinski definition) is 5. The summed E-state index contributed by atoms with van der Waals surface area (Å²) in [5.74, 6) is 0.211. The lowest BCUT2D eigenvalue weighted by atomic mass is 10.0. The van der Waals surface area contributed by atoms with Crippen molar-refractivity contribution in [3.8, 4) is 0 Å². The molecule has 118 valence electrons. The SMILES string of the molecule is CC(CS(C)(=O)=O)NC1CCN(Cc2cccnc2)CC1. The molecule has 0 amide bonds. The lowest BCUT2D eigenvalue weighted by Gasteiger charge is -2.33. The molecule has 2 heterocycles. The molecule has 1 aliphatic heterocycles. The summed E-state index contributed by atoms with van der Waals surface area (Å²) in [6.45, 7) is 4.97. The molecule has 1 atom stereocenters. The first kappa shape index (κ1) is 16.4. The normalized spacial score (nSPS) is 19.5. The van der Waals surface area contributed by atoms with Crippen LogP contribution in [0.5, 0.6) is 0 Å². The minimum atomic E-state index is -2.91. The van der Waals surface area contributed by atoms with Crippen LogP contribution in [0.2, 0.25) is 0 Å². The van der Waals surface area contributed by atoms with Crippen LogP contribution in [-0.4, -0.2) is 55.5 Å². The molecule has 1 unspecified atom stereocenters. The van der Waals surface area contributed by atoms with Gasteiger partial charge < -0.3 is 5.32 Å². The van der Waals surface area contributed by atoms with Crippen molar-refractivity contribution >= 4 is 9.84 Å². The second-order valence-electron chi connectivity index (χ2n) is 6.07. The van der Waals surface area contributed by atoms with Crippen molar-refractivity contribution in [2.75, 3.05) is 25.1 Å². The fourth-order valence-electron chi connectivity index (χ4n) is 2.91. The van der Waals surface area contributed by atoms with Gasteiger partial charge in [-0.3, -0.25) is 9.88 Å². The summed E-state index contributed by atoms with van der Waals surface area (Å²) < 4.78 is 22.6. The highest BCUT2D eigenvalue weighted by molar-refractivity contribution is 7.90. The molecule has 6 heteroatoms. The average Bonchev–Trinajstić information content (AvgIpc) is 2.40. The third-order valence-corrected chi connectivity index (χ3v) is 4.90. The van der Waals surface area contributed by atoms with Crippen molar-refractivity contribution in [1.82, 2.24) is 15.2 Å². The summed E-state index contributed by atoms with van der Waals surface area (Å²) in [5.41, 5.74) is 1.24. The molecule has 0 spiro atoms. The molecule has 1 aromatic rings. The predicted molar refractivity (Wildman–Crippen MR) is 84.8 cm³/mol. The Morgan fingerprint density at radius 2 is 2.14 bits per heavy atom. The van der Waals surface area contributed by atoms with Crippen LogP contribution in [0.1, 0.15) is 25.3 Å². The maximum atomic E-state index is 11.3. The van der Waals surface area contributed by atoms with E-state index in [-0.39, 0.29) is 11.8 Å². The Bertz CT molecular complexity index is 525. The summed E-state index contributed by atoms with van der Waals surface area (Å²) in [7, 11) is -2.91. The predicted octanol–water partition coefficient (Wildman–Crippen LogP) is 1.07. The first-order chi connectivity index (χ1) is 9.92. The van der Waals surface area contributed by atoms with Gasteiger partial charge in [0.15, 0.2) is 0 Å². The number of pyridine rings is 1. The second kappa shape index (κ2) is 7.33. The van der Waals surface area contributed by atoms with E-state index >= 15 is 0 Å². The Hall–Kier alpha value is -0.980. The Labute approximate surface area is 127 Å². The monoisotopic (exact) mass is 311 g/mol. The molecule has 1 aromatic heterocycles. The van der Waals surface area contributed by atoms with Crippen LogP contribution in [0.15, 0.2) is 24.5 Å². The van der Waals surface area contributed by atoms with Gasteiger partial charge in [-0.1, -0.05) is 6.07 Å². The molecule has 0 saturated carbocycles. The van der Waals surface area contributed by atoms with E-state index in [2.05, 4.69) is 21.3 Å². The van der Waals surface area contributed by atoms with Crippen molar-refractivity contribution in [3.05, 3.63) is 30.1 Å². The van der Waals surface area contributed by atoms with Crippen LogP contribution in [0.25, 0.3) is 0 Å². The highest BCUT2D eigenvalue weighted by Gasteiger charge is 2.21. The van der Waals surface area contributed by atoms with E-state index in [1.807, 2.05) is 19.2 Å². The summed E-state index contributed by atoms with van der Waals surface area (Å²) in [4.78, 5) is 6.57. The number of hydrogen-bond donors (Lipinski definition) is 1. The quantitative estimate of drug-likeness (QED) is 0.851. The summed E-state index contributed by atoms with van der Waals surface area (Å²) in [5, 5.41) is 3.44. The van der Waals surface area contributed by atoms with Crippen molar-refractivity contribution in [1.29, 1.82) is 0 Å². The van der Waals surface area contributed by atoms with Crippen LogP contribution >= 0.6 is 0 Å². The molecule has 0 radical (unpaired) electrons. The summed E-state index contributed by atoms with van der Waals surface area (Å²) in [6, 6.07) is 4.52. The molecule has 0 bridgehead atoms. The van der Waals surface area contributed by atoms with Crippen LogP contribution in [-0.2, 0) is 16.4 Å². The Balaban J connectivity index is 1.73. The van der Waals surface area contributed by atoms with Crippen molar-refractivity contribution in [3.63, 3.8) is 0 Å². The van der Waals surface area contributed by atoms with Crippen LogP contribution < -0.4 is 5.32 Å². The molecule has 1 N–H and O–H groups in total. The average molecular weight is 311 g/mol. The lowest BCUT2D eigenvalue weighted by molar-refractivity contribution is 0.186. The first-order valence-corrected chi connectivity index (χ1v) is 9.53. The Morgan fingerprint density at radius 3 is 2.71 bits per heavy atom. The van der Waals surface area contributed by atoms with Gasteiger partial charge in [0.1, 0.15) is 9.84 Å². The van der Waals surface area contributed by atoms with Gasteiger partial charge >= 0.3 is 0 Å². The highest BCUT2D eigenvalue weighted by Crippen LogP contribution is 2.14. The smallest absolute Gasteiger partial charge is 0.148 e. The van der Waals surface area contributed by atoms with Crippen molar-refractivity contribution < 1.29 is 8.42 Å². The summed E-state index contributed by atoms with van der Waals surface area (Å²) in [6.07, 6.45) is 7.13. The molecule has 1 aliphatic rings. The largest absolute Gasteiger partial charge is 0.310 e. The topological polar surface area (TPSA) is 62.3 Å². The maximum Gasteiger partial charge on any atom is 0.148 e. The Kier molecular flexibility index (Phi) is 5.72. The molecule has 21 heavy (non-hydrogen) atoms. The van der Waals surface area contributed by atoms with E-state index < -0.39 is 9.84 Å². The van der Waals surface area contributed by atoms with Crippen LogP contribution in [0.4, 0.5) is 0 Å². The van der Waals surface area contributed by atoms with E-state index in [9.17, 15) is 8.42 Å². The standard InChI is InChI=1S/C15H25N3O2S/c1-13(12-21(2,19)20)17-15-5-8-18(9-6-15)11-14-4-3-7-16-10-14/h3-4,7,10,13,15,17H,5-6,8-9,11-12H2,1-2H3. The zero-order valence-electron chi connectivity index (χ0n) is 12.8. The minimum absolute atomic E-state index is 0.0230. The summed E-state index contributed by atoms with van der Waals surface area (Å²) >= 11 is 0. The van der Waals surface area contributed by atoms with Gasteiger partial charge in [0, 0.05) is 37.3 Å². The number of sulfone groups is 1. The third-order valence-electron chi connectivity index (χ3n) is 3.79. The molecular formula is C15H25N3O2S. The third kappa shape index (κ3) is 6.11. The molecular weight excluding hydrogens is 286 g/mol. The van der Waals surface area contributed by atoms with Gasteiger partial charge in [-0.2, -0.15) is 0 Å². The van der Waals surface area contributed by atoms with Gasteiger partial charge in [0.2, 0.25) is 0 Å². The van der Waals surface area contributed by atoms with Gasteiger partial charge in [0.05, 0.1) is 5.75 Å². The molecule has 1 saturated heterocycles. The zero-order chi connectivity index (χ0) is 15.3. The van der Waals surface area contributed by atoms with E-state index in [0.717, 1.165) is 32.5 Å². The lowest BCUT2D eigenvalue weighted by Crippen LogP contribution is -2.46. The van der Waals surface area contributed by atoms with Crippen molar-refractivity contribution in [2.24, 2.45) is 0 Å². The van der Waals surface area contributed by atoms with E-state index in [0.29, 0.717) is 6.04 Å². The molecule has 5 nitrogen and oxygen atoms in total. The number of rotatable bonds is 6. The van der Waals surface area contributed by atoms with E-state index in [1.165, 1.54) is 11.8 Å². The number of piperidine rings is 1. The fraction of sp³-hybridized carbons (Fsp3) is 0.667. The van der Waals surface area contributed by atoms with E-state index in [4.69, 9.17) is 0 Å². The van der Waals surface area contributed by atoms with Gasteiger partial charge in [-0.05, 0) is 44.5 Å². The molecule has 0 aromatic carbocycles. The maximum absolute atomic E-state index is 11.3. The molecule has 0 aliphatic carbocycles. The first-order valence-electron chi connectivity index (χ1n) is 7.47. The number of nitrogens with one attached hydrogen (secondary N) is 1. The van der Waals surface area contributed by atoms with Gasteiger partial charge in [-0.15, -0.1) is 0 Å². The highest BCUT2D eigenvalue weighted by atomic mass is 32.2. The molecule has 2 rings (SSSR count). The van der Waals surface area contributed by atoms with Crippen LogP contribution in [0, 0.1) is 0 Å². The number of aromatic nitrogens is 1.